The Morgan fingerprint density at radius 2 is 1.90 bits per heavy atom. The zero-order valence-electron chi connectivity index (χ0n) is 13.2. The maximum Gasteiger partial charge on any atom is 0.0577 e. The fourth-order valence-electron chi connectivity index (χ4n) is 6.63. The summed E-state index contributed by atoms with van der Waals surface area (Å²) >= 11 is 0. The maximum atomic E-state index is 10.0. The molecular weight excluding hydrogens is 244 g/mol. The third kappa shape index (κ3) is 1.71. The van der Waals surface area contributed by atoms with Gasteiger partial charge in [0, 0.05) is 0 Å². The van der Waals surface area contributed by atoms with Crippen LogP contribution in [-0.2, 0) is 0 Å². The molecular formula is C19H30O. The summed E-state index contributed by atoms with van der Waals surface area (Å²) in [5.74, 6) is 2.84. The van der Waals surface area contributed by atoms with E-state index in [1.807, 2.05) is 0 Å². The molecule has 4 rings (SSSR count). The van der Waals surface area contributed by atoms with E-state index in [1.54, 1.807) is 5.57 Å². The number of aliphatic hydroxyl groups excluding tert-OH is 1. The average molecular weight is 274 g/mol. The molecule has 0 heterocycles. The molecule has 0 aromatic rings. The van der Waals surface area contributed by atoms with Gasteiger partial charge in [0.25, 0.3) is 0 Å². The first-order valence-electron chi connectivity index (χ1n) is 8.90. The molecule has 4 aliphatic rings. The lowest BCUT2D eigenvalue weighted by Gasteiger charge is -2.57. The largest absolute Gasteiger partial charge is 0.393 e. The molecule has 0 saturated heterocycles. The van der Waals surface area contributed by atoms with Crippen molar-refractivity contribution in [3.8, 4) is 0 Å². The molecule has 0 bridgehead atoms. The molecule has 20 heavy (non-hydrogen) atoms. The molecule has 4 unspecified atom stereocenters. The Kier molecular flexibility index (Phi) is 2.91. The predicted molar refractivity (Wildman–Crippen MR) is 82.3 cm³/mol. The quantitative estimate of drug-likeness (QED) is 0.635. The summed E-state index contributed by atoms with van der Waals surface area (Å²) in [5.41, 5.74) is 2.70. The van der Waals surface area contributed by atoms with E-state index in [0.29, 0.717) is 10.8 Å². The number of hydrogen-bond acceptors (Lipinski definition) is 1. The van der Waals surface area contributed by atoms with Crippen LogP contribution in [0.5, 0.6) is 0 Å². The molecule has 0 aromatic carbocycles. The highest BCUT2D eigenvalue weighted by Gasteiger charge is 2.55. The Morgan fingerprint density at radius 1 is 1.05 bits per heavy atom. The van der Waals surface area contributed by atoms with Crippen molar-refractivity contribution in [3.05, 3.63) is 11.6 Å². The van der Waals surface area contributed by atoms with Crippen LogP contribution in [0.4, 0.5) is 0 Å². The van der Waals surface area contributed by atoms with Crippen molar-refractivity contribution >= 4 is 0 Å². The van der Waals surface area contributed by atoms with E-state index in [0.717, 1.165) is 30.6 Å². The molecule has 112 valence electrons. The zero-order chi connectivity index (χ0) is 14.0. The van der Waals surface area contributed by atoms with Gasteiger partial charge in [-0.2, -0.15) is 0 Å². The maximum absolute atomic E-state index is 10.0. The first kappa shape index (κ1) is 13.4. The Hall–Kier alpha value is -0.300. The number of aliphatic hydroxyl groups is 1. The number of rotatable bonds is 0. The second-order valence-electron chi connectivity index (χ2n) is 8.74. The van der Waals surface area contributed by atoms with Gasteiger partial charge in [-0.05, 0) is 80.0 Å². The molecule has 0 amide bonds. The lowest BCUT2D eigenvalue weighted by Crippen LogP contribution is -2.49. The van der Waals surface area contributed by atoms with E-state index in [2.05, 4.69) is 19.9 Å². The van der Waals surface area contributed by atoms with Gasteiger partial charge in [0.1, 0.15) is 0 Å². The minimum absolute atomic E-state index is 0.0637. The van der Waals surface area contributed by atoms with Crippen LogP contribution >= 0.6 is 0 Å². The van der Waals surface area contributed by atoms with Gasteiger partial charge in [-0.25, -0.2) is 0 Å². The van der Waals surface area contributed by atoms with E-state index in [-0.39, 0.29) is 6.10 Å². The van der Waals surface area contributed by atoms with Crippen molar-refractivity contribution in [2.75, 3.05) is 0 Å². The van der Waals surface area contributed by atoms with E-state index < -0.39 is 0 Å². The molecule has 1 nitrogen and oxygen atoms in total. The molecule has 0 aliphatic heterocycles. The van der Waals surface area contributed by atoms with Gasteiger partial charge in [-0.3, -0.25) is 0 Å². The molecule has 0 radical (unpaired) electrons. The van der Waals surface area contributed by atoms with Gasteiger partial charge in [0.15, 0.2) is 0 Å². The number of hydrogen-bond donors (Lipinski definition) is 1. The standard InChI is InChI=1S/C19H30O/c1-18-9-3-4-16(18)15-6-5-13-12-14(20)7-11-19(13,2)17(15)8-10-18/h5,14-17,20H,3-4,6-12H2,1-2H3/t14?,15?,16?,17?,18-,19-/m0/s1. The van der Waals surface area contributed by atoms with Crippen LogP contribution in [0.3, 0.4) is 0 Å². The van der Waals surface area contributed by atoms with Crippen LogP contribution in [-0.4, -0.2) is 11.2 Å². The minimum atomic E-state index is -0.0637. The van der Waals surface area contributed by atoms with Gasteiger partial charge < -0.3 is 5.11 Å². The Balaban J connectivity index is 1.68. The molecule has 0 aromatic heterocycles. The summed E-state index contributed by atoms with van der Waals surface area (Å²) in [6.45, 7) is 5.10. The summed E-state index contributed by atoms with van der Waals surface area (Å²) in [7, 11) is 0. The van der Waals surface area contributed by atoms with E-state index in [1.165, 1.54) is 44.9 Å². The lowest BCUT2D eigenvalue weighted by molar-refractivity contribution is -0.0360. The molecule has 3 fully saturated rings. The molecule has 3 saturated carbocycles. The van der Waals surface area contributed by atoms with Crippen LogP contribution in [0.25, 0.3) is 0 Å². The third-order valence-corrected chi connectivity index (χ3v) is 7.86. The van der Waals surface area contributed by atoms with E-state index in [4.69, 9.17) is 0 Å². The first-order valence-corrected chi connectivity index (χ1v) is 8.90. The second-order valence-corrected chi connectivity index (χ2v) is 8.74. The second kappa shape index (κ2) is 4.35. The monoisotopic (exact) mass is 274 g/mol. The van der Waals surface area contributed by atoms with Crippen molar-refractivity contribution in [1.29, 1.82) is 0 Å². The summed E-state index contributed by atoms with van der Waals surface area (Å²) in [6.07, 6.45) is 14.3. The van der Waals surface area contributed by atoms with Crippen LogP contribution in [0.15, 0.2) is 11.6 Å². The van der Waals surface area contributed by atoms with Crippen LogP contribution in [0.1, 0.15) is 71.6 Å². The highest BCUT2D eigenvalue weighted by molar-refractivity contribution is 5.25. The van der Waals surface area contributed by atoms with Gasteiger partial charge in [-0.15, -0.1) is 0 Å². The van der Waals surface area contributed by atoms with Crippen molar-refractivity contribution in [1.82, 2.24) is 0 Å². The minimum Gasteiger partial charge on any atom is -0.393 e. The highest BCUT2D eigenvalue weighted by Crippen LogP contribution is 2.64. The number of fused-ring (bicyclic) bond motifs is 5. The molecule has 0 spiro atoms. The summed E-state index contributed by atoms with van der Waals surface area (Å²) < 4.78 is 0. The van der Waals surface area contributed by atoms with Gasteiger partial charge in [0.2, 0.25) is 0 Å². The van der Waals surface area contributed by atoms with Crippen LogP contribution < -0.4 is 0 Å². The third-order valence-electron chi connectivity index (χ3n) is 7.86. The first-order chi connectivity index (χ1) is 9.53. The fraction of sp³-hybridized carbons (Fsp3) is 0.895. The SMILES string of the molecule is C[C@@]12CCCC1C1CC=C3CC(O)CC[C@]3(C)C1CC2. The fourth-order valence-corrected chi connectivity index (χ4v) is 6.63. The molecule has 4 aliphatic carbocycles. The Labute approximate surface area is 123 Å². The van der Waals surface area contributed by atoms with Crippen molar-refractivity contribution < 1.29 is 5.11 Å². The summed E-state index contributed by atoms with van der Waals surface area (Å²) in [6, 6.07) is 0. The van der Waals surface area contributed by atoms with E-state index >= 15 is 0 Å². The van der Waals surface area contributed by atoms with Gasteiger partial charge in [-0.1, -0.05) is 31.9 Å². The summed E-state index contributed by atoms with van der Waals surface area (Å²) in [4.78, 5) is 0. The smallest absolute Gasteiger partial charge is 0.0577 e. The number of allylic oxidation sites excluding steroid dienone is 1. The normalized spacial score (nSPS) is 54.6. The molecule has 1 heteroatoms. The average Bonchev–Trinajstić information content (AvgIpc) is 2.81. The van der Waals surface area contributed by atoms with E-state index in [9.17, 15) is 5.11 Å². The molecule has 1 N–H and O–H groups in total. The van der Waals surface area contributed by atoms with Gasteiger partial charge >= 0.3 is 0 Å². The van der Waals surface area contributed by atoms with Crippen molar-refractivity contribution in [3.63, 3.8) is 0 Å². The highest BCUT2D eigenvalue weighted by atomic mass is 16.3. The van der Waals surface area contributed by atoms with Crippen LogP contribution in [0, 0.1) is 28.6 Å². The molecule has 6 atom stereocenters. The zero-order valence-corrected chi connectivity index (χ0v) is 13.2. The lowest BCUT2D eigenvalue weighted by atomic mass is 9.48. The summed E-state index contributed by atoms with van der Waals surface area (Å²) in [5, 5.41) is 10.0. The Morgan fingerprint density at radius 3 is 2.75 bits per heavy atom. The van der Waals surface area contributed by atoms with Gasteiger partial charge in [0.05, 0.1) is 6.10 Å². The van der Waals surface area contributed by atoms with Crippen LogP contribution in [0.2, 0.25) is 0 Å². The predicted octanol–water partition coefficient (Wildman–Crippen LogP) is 4.70. The topological polar surface area (TPSA) is 20.2 Å². The van der Waals surface area contributed by atoms with Crippen molar-refractivity contribution in [2.24, 2.45) is 28.6 Å². The van der Waals surface area contributed by atoms with Crippen molar-refractivity contribution in [2.45, 2.75) is 77.7 Å². The Bertz CT molecular complexity index is 439.